The van der Waals surface area contributed by atoms with Crippen LogP contribution >= 0.6 is 0 Å². The number of fused-ring (bicyclic) bond motifs is 1. The van der Waals surface area contributed by atoms with E-state index in [1.807, 2.05) is 12.1 Å². The summed E-state index contributed by atoms with van der Waals surface area (Å²) in [5.41, 5.74) is 0.783. The predicted octanol–water partition coefficient (Wildman–Crippen LogP) is 7.28. The maximum Gasteiger partial charge on any atom is 0.417 e. The molecule has 0 aliphatic carbocycles. The molecule has 4 rings (SSSR count). The van der Waals surface area contributed by atoms with Gasteiger partial charge in [-0.25, -0.2) is 0 Å². The molecule has 1 heterocycles. The molecule has 4 N–H and O–H groups in total. The van der Waals surface area contributed by atoms with Crippen LogP contribution in [-0.4, -0.2) is 32.6 Å². The number of hydrogen-bond acceptors (Lipinski definition) is 3. The Labute approximate surface area is 247 Å². The van der Waals surface area contributed by atoms with E-state index in [-0.39, 0.29) is 18.9 Å². The maximum absolute atomic E-state index is 14.0. The standard InChI is InChI=1S/C27H22F6N2O.C4H6O4/c1-25(2,35-13-12-16-8-6-7-11-21(16)35)23(17-9-4-3-5-10-17)19-14-18(26(28,29)30)15-20(27(31,32)33)22(19)24(34)36;5-3(6)1-2-4(7)8/h3-15,23H,1-2H3,(H2,34,36);1-2H2,(H,5,6)(H,7,8). The Bertz CT molecular complexity index is 1650. The number of amides is 1. The van der Waals surface area contributed by atoms with E-state index in [9.17, 15) is 40.7 Å². The molecular weight excluding hydrogens is 594 g/mol. The minimum atomic E-state index is -5.24. The topological polar surface area (TPSA) is 123 Å². The molecular formula is C31H28F6N2O5. The fourth-order valence-electron chi connectivity index (χ4n) is 5.11. The van der Waals surface area contributed by atoms with E-state index in [0.29, 0.717) is 11.6 Å². The minimum Gasteiger partial charge on any atom is -0.481 e. The van der Waals surface area contributed by atoms with Crippen molar-refractivity contribution in [1.29, 1.82) is 0 Å². The van der Waals surface area contributed by atoms with Gasteiger partial charge in [0.15, 0.2) is 0 Å². The van der Waals surface area contributed by atoms with Gasteiger partial charge in [0.25, 0.3) is 0 Å². The predicted molar refractivity (Wildman–Crippen MR) is 149 cm³/mol. The number of carbonyl (C=O) groups is 3. The normalized spacial score (nSPS) is 12.7. The van der Waals surface area contributed by atoms with Gasteiger partial charge in [-0.1, -0.05) is 48.5 Å². The third-order valence-corrected chi connectivity index (χ3v) is 6.97. The summed E-state index contributed by atoms with van der Waals surface area (Å²) in [7, 11) is 0. The zero-order chi connectivity index (χ0) is 33.0. The number of aromatic nitrogens is 1. The van der Waals surface area contributed by atoms with Gasteiger partial charge in [-0.2, -0.15) is 26.3 Å². The van der Waals surface area contributed by atoms with Crippen molar-refractivity contribution in [3.8, 4) is 0 Å². The molecule has 0 aliphatic heterocycles. The van der Waals surface area contributed by atoms with E-state index < -0.39 is 63.9 Å². The van der Waals surface area contributed by atoms with Gasteiger partial charge >= 0.3 is 24.3 Å². The fraction of sp³-hybridized carbons (Fsp3) is 0.258. The highest BCUT2D eigenvalue weighted by atomic mass is 19.4. The smallest absolute Gasteiger partial charge is 0.417 e. The molecule has 1 unspecified atom stereocenters. The van der Waals surface area contributed by atoms with Crippen molar-refractivity contribution < 1.29 is 50.9 Å². The van der Waals surface area contributed by atoms with Crippen LogP contribution in [0.4, 0.5) is 26.3 Å². The number of benzene rings is 3. The highest BCUT2D eigenvalue weighted by Crippen LogP contribution is 2.47. The Morgan fingerprint density at radius 2 is 1.34 bits per heavy atom. The molecule has 0 radical (unpaired) electrons. The molecule has 1 atom stereocenters. The zero-order valence-corrected chi connectivity index (χ0v) is 23.4. The first kappa shape index (κ1) is 33.7. The van der Waals surface area contributed by atoms with E-state index in [1.54, 1.807) is 73.1 Å². The Morgan fingerprint density at radius 3 is 1.84 bits per heavy atom. The van der Waals surface area contributed by atoms with Gasteiger partial charge in [-0.05, 0) is 54.6 Å². The molecule has 7 nitrogen and oxygen atoms in total. The highest BCUT2D eigenvalue weighted by Gasteiger charge is 2.44. The van der Waals surface area contributed by atoms with Crippen LogP contribution in [0.3, 0.4) is 0 Å². The summed E-state index contributed by atoms with van der Waals surface area (Å²) < 4.78 is 85.3. The number of halogens is 6. The van der Waals surface area contributed by atoms with Crippen LogP contribution in [0.1, 0.15) is 65.2 Å². The van der Waals surface area contributed by atoms with Crippen molar-refractivity contribution in [3.05, 3.63) is 107 Å². The first-order valence-electron chi connectivity index (χ1n) is 13.0. The summed E-state index contributed by atoms with van der Waals surface area (Å²) in [6.45, 7) is 3.41. The summed E-state index contributed by atoms with van der Waals surface area (Å²) in [4.78, 5) is 31.7. The number of nitrogens with two attached hydrogens (primary N) is 1. The molecule has 3 aromatic carbocycles. The molecule has 44 heavy (non-hydrogen) atoms. The number of nitrogens with zero attached hydrogens (tertiary/aromatic N) is 1. The van der Waals surface area contributed by atoms with Gasteiger partial charge in [0.1, 0.15) is 0 Å². The molecule has 0 aliphatic rings. The van der Waals surface area contributed by atoms with E-state index in [4.69, 9.17) is 15.9 Å². The van der Waals surface area contributed by atoms with E-state index in [0.717, 1.165) is 10.9 Å². The van der Waals surface area contributed by atoms with Crippen LogP contribution in [0, 0.1) is 0 Å². The Kier molecular flexibility index (Phi) is 9.82. The first-order valence-corrected chi connectivity index (χ1v) is 13.0. The summed E-state index contributed by atoms with van der Waals surface area (Å²) in [5, 5.41) is 16.6. The molecule has 1 aromatic heterocycles. The summed E-state index contributed by atoms with van der Waals surface area (Å²) in [6.07, 6.45) is -9.20. The average Bonchev–Trinajstić information content (AvgIpc) is 3.36. The van der Waals surface area contributed by atoms with Crippen molar-refractivity contribution in [2.24, 2.45) is 5.73 Å². The fourth-order valence-corrected chi connectivity index (χ4v) is 5.11. The highest BCUT2D eigenvalue weighted by molar-refractivity contribution is 5.97. The first-order chi connectivity index (χ1) is 20.4. The van der Waals surface area contributed by atoms with Crippen LogP contribution in [0.15, 0.2) is 79.0 Å². The number of primary amides is 1. The monoisotopic (exact) mass is 622 g/mol. The van der Waals surface area contributed by atoms with E-state index in [2.05, 4.69) is 0 Å². The lowest BCUT2D eigenvalue weighted by atomic mass is 9.73. The van der Waals surface area contributed by atoms with Crippen LogP contribution in [0.25, 0.3) is 10.9 Å². The van der Waals surface area contributed by atoms with Gasteiger partial charge in [0, 0.05) is 23.2 Å². The molecule has 1 amide bonds. The molecule has 0 saturated carbocycles. The van der Waals surface area contributed by atoms with Crippen molar-refractivity contribution in [3.63, 3.8) is 0 Å². The number of para-hydroxylation sites is 1. The van der Waals surface area contributed by atoms with Crippen LogP contribution < -0.4 is 5.73 Å². The largest absolute Gasteiger partial charge is 0.481 e. The van der Waals surface area contributed by atoms with E-state index in [1.165, 1.54) is 0 Å². The lowest BCUT2D eigenvalue weighted by Gasteiger charge is -2.39. The third kappa shape index (κ3) is 7.57. The number of aliphatic carboxylic acids is 2. The maximum atomic E-state index is 14.0. The van der Waals surface area contributed by atoms with Crippen molar-refractivity contribution in [2.75, 3.05) is 0 Å². The van der Waals surface area contributed by atoms with Gasteiger partial charge in [0.05, 0.1) is 29.5 Å². The van der Waals surface area contributed by atoms with Gasteiger partial charge in [0.2, 0.25) is 5.91 Å². The molecule has 0 spiro atoms. The Hall–Kier alpha value is -4.81. The second-order valence-corrected chi connectivity index (χ2v) is 10.4. The minimum absolute atomic E-state index is 0.0519. The number of carboxylic acid groups (broad SMARTS) is 2. The Balaban J connectivity index is 0.000000583. The second kappa shape index (κ2) is 12.8. The molecule has 4 aromatic rings. The lowest BCUT2D eigenvalue weighted by molar-refractivity contribution is -0.143. The van der Waals surface area contributed by atoms with Crippen LogP contribution in [0.2, 0.25) is 0 Å². The molecule has 0 fully saturated rings. The zero-order valence-electron chi connectivity index (χ0n) is 23.4. The van der Waals surface area contributed by atoms with Crippen LogP contribution in [0.5, 0.6) is 0 Å². The van der Waals surface area contributed by atoms with Crippen LogP contribution in [-0.2, 0) is 27.5 Å². The molecule has 0 saturated heterocycles. The lowest BCUT2D eigenvalue weighted by Crippen LogP contribution is -2.36. The van der Waals surface area contributed by atoms with Gasteiger partial charge in [-0.3, -0.25) is 14.4 Å². The van der Waals surface area contributed by atoms with Gasteiger partial charge < -0.3 is 20.5 Å². The molecule has 234 valence electrons. The Morgan fingerprint density at radius 1 is 0.795 bits per heavy atom. The SMILES string of the molecule is CC(C)(C(c1ccccc1)c1cc(C(F)(F)F)cc(C(F)(F)F)c1C(N)=O)n1ccc2ccccc21.O=C(O)CCC(=O)O. The molecule has 13 heteroatoms. The number of carboxylic acids is 2. The number of carbonyl (C=O) groups excluding carboxylic acids is 1. The third-order valence-electron chi connectivity index (χ3n) is 6.97. The quantitative estimate of drug-likeness (QED) is 0.178. The number of rotatable bonds is 8. The summed E-state index contributed by atoms with van der Waals surface area (Å²) in [5.74, 6) is -4.72. The van der Waals surface area contributed by atoms with E-state index >= 15 is 0 Å². The average molecular weight is 623 g/mol. The van der Waals surface area contributed by atoms with Crippen molar-refractivity contribution in [2.45, 2.75) is 50.5 Å². The van der Waals surface area contributed by atoms with Crippen molar-refractivity contribution >= 4 is 28.7 Å². The van der Waals surface area contributed by atoms with Gasteiger partial charge in [-0.15, -0.1) is 0 Å². The number of alkyl halides is 6. The van der Waals surface area contributed by atoms with Crippen molar-refractivity contribution in [1.82, 2.24) is 4.57 Å². The summed E-state index contributed by atoms with van der Waals surface area (Å²) >= 11 is 0. The summed E-state index contributed by atoms with van der Waals surface area (Å²) in [6, 6.07) is 17.8. The number of hydrogen-bond donors (Lipinski definition) is 3. The second-order valence-electron chi connectivity index (χ2n) is 10.4. The molecule has 0 bridgehead atoms.